The number of anilines is 1. The van der Waals surface area contributed by atoms with Gasteiger partial charge in [0.25, 0.3) is 0 Å². The van der Waals surface area contributed by atoms with Crippen molar-refractivity contribution in [2.75, 3.05) is 26.0 Å². The second-order valence-corrected chi connectivity index (χ2v) is 5.63. The summed E-state index contributed by atoms with van der Waals surface area (Å²) in [5, 5.41) is 3.47. The second-order valence-electron chi connectivity index (χ2n) is 5.27. The predicted octanol–water partition coefficient (Wildman–Crippen LogP) is 2.15. The number of carbonyl (C=O) groups excluding carboxylic acids is 1. The van der Waals surface area contributed by atoms with E-state index in [9.17, 15) is 4.79 Å². The predicted molar refractivity (Wildman–Crippen MR) is 75.9 cm³/mol. The van der Waals surface area contributed by atoms with Crippen LogP contribution in [-0.2, 0) is 0 Å². The molecule has 1 aliphatic rings. The van der Waals surface area contributed by atoms with Gasteiger partial charge in [-0.3, -0.25) is 4.79 Å². The first-order chi connectivity index (χ1) is 8.98. The van der Waals surface area contributed by atoms with Crippen molar-refractivity contribution in [3.05, 3.63) is 16.5 Å². The molecule has 1 aromatic heterocycles. The zero-order valence-electron chi connectivity index (χ0n) is 11.5. The van der Waals surface area contributed by atoms with Gasteiger partial charge in [0.15, 0.2) is 6.29 Å². The lowest BCUT2D eigenvalue weighted by molar-refractivity contribution is 0.0738. The molecule has 19 heavy (non-hydrogen) atoms. The van der Waals surface area contributed by atoms with E-state index in [1.54, 1.807) is 6.92 Å². The third kappa shape index (κ3) is 2.72. The van der Waals surface area contributed by atoms with Gasteiger partial charge in [-0.1, -0.05) is 11.6 Å². The summed E-state index contributed by atoms with van der Waals surface area (Å²) in [7, 11) is 4.17. The van der Waals surface area contributed by atoms with Crippen LogP contribution in [0.5, 0.6) is 0 Å². The minimum atomic E-state index is 0.158. The van der Waals surface area contributed by atoms with Crippen LogP contribution >= 0.6 is 11.6 Å². The largest absolute Gasteiger partial charge is 0.367 e. The van der Waals surface area contributed by atoms with Crippen molar-refractivity contribution in [1.82, 2.24) is 14.9 Å². The van der Waals surface area contributed by atoms with E-state index < -0.39 is 0 Å². The number of nitrogens with zero attached hydrogens (tertiary/aromatic N) is 3. The van der Waals surface area contributed by atoms with Crippen molar-refractivity contribution in [1.29, 1.82) is 0 Å². The topological polar surface area (TPSA) is 58.1 Å². The molecule has 1 heterocycles. The van der Waals surface area contributed by atoms with Crippen LogP contribution < -0.4 is 5.32 Å². The Labute approximate surface area is 118 Å². The summed E-state index contributed by atoms with van der Waals surface area (Å²) in [4.78, 5) is 21.6. The molecule has 0 atom stereocenters. The Balaban J connectivity index is 2.17. The molecule has 6 heteroatoms. The molecule has 0 bridgehead atoms. The molecule has 0 amide bonds. The molecule has 104 valence electrons. The molecular formula is C13H19ClN4O. The molecule has 0 aromatic carbocycles. The van der Waals surface area contributed by atoms with Crippen LogP contribution in [0.1, 0.15) is 35.4 Å². The van der Waals surface area contributed by atoms with Crippen molar-refractivity contribution in [3.8, 4) is 0 Å². The van der Waals surface area contributed by atoms with Gasteiger partial charge in [-0.25, -0.2) is 9.97 Å². The lowest BCUT2D eigenvalue weighted by Gasteiger charge is -2.47. The molecule has 0 radical (unpaired) electrons. The Bertz CT molecular complexity index is 486. The maximum Gasteiger partial charge on any atom is 0.156 e. The normalized spacial score (nSPS) is 17.1. The van der Waals surface area contributed by atoms with Gasteiger partial charge >= 0.3 is 0 Å². The fraction of sp³-hybridized carbons (Fsp3) is 0.615. The Morgan fingerprint density at radius 1 is 1.42 bits per heavy atom. The molecule has 2 rings (SSSR count). The molecular weight excluding hydrogens is 264 g/mol. The summed E-state index contributed by atoms with van der Waals surface area (Å²) in [5.41, 5.74) is 0.492. The van der Waals surface area contributed by atoms with Crippen LogP contribution in [0.2, 0.25) is 5.15 Å². The number of aromatic nitrogens is 2. The standard InChI is InChI=1S/C13H19ClN4O/c1-9-16-11(14)10(7-19)12(17-9)15-8-13(18(2)3)5-4-6-13/h7H,4-6,8H2,1-3H3,(H,15,16,17). The molecule has 1 N–H and O–H groups in total. The van der Waals surface area contributed by atoms with Crippen LogP contribution in [0, 0.1) is 6.92 Å². The minimum absolute atomic E-state index is 0.158. The molecule has 0 aliphatic heterocycles. The van der Waals surface area contributed by atoms with E-state index in [-0.39, 0.29) is 10.7 Å². The highest BCUT2D eigenvalue weighted by molar-refractivity contribution is 6.32. The quantitative estimate of drug-likeness (QED) is 0.662. The third-order valence-corrected chi connectivity index (χ3v) is 4.23. The first-order valence-corrected chi connectivity index (χ1v) is 6.77. The number of nitrogens with one attached hydrogen (secondary N) is 1. The summed E-state index contributed by atoms with van der Waals surface area (Å²) in [6.07, 6.45) is 4.25. The molecule has 1 aromatic rings. The van der Waals surface area contributed by atoms with Crippen molar-refractivity contribution in [3.63, 3.8) is 0 Å². The fourth-order valence-corrected chi connectivity index (χ4v) is 2.66. The molecule has 0 saturated heterocycles. The average Bonchev–Trinajstić information content (AvgIpc) is 2.26. The van der Waals surface area contributed by atoms with Crippen molar-refractivity contribution < 1.29 is 4.79 Å². The average molecular weight is 283 g/mol. The Morgan fingerprint density at radius 2 is 2.11 bits per heavy atom. The SMILES string of the molecule is Cc1nc(Cl)c(C=O)c(NCC2(N(C)C)CCC2)n1. The fourth-order valence-electron chi connectivity index (χ4n) is 2.40. The lowest BCUT2D eigenvalue weighted by atomic mass is 9.75. The molecule has 1 fully saturated rings. The molecule has 1 aliphatic carbocycles. The minimum Gasteiger partial charge on any atom is -0.367 e. The van der Waals surface area contributed by atoms with Crippen LogP contribution in [0.3, 0.4) is 0 Å². The number of likely N-dealkylation sites (N-methyl/N-ethyl adjacent to an activating group) is 1. The van der Waals surface area contributed by atoms with Gasteiger partial charge in [-0.05, 0) is 40.3 Å². The first kappa shape index (κ1) is 14.2. The molecule has 0 spiro atoms. The number of carbonyl (C=O) groups is 1. The summed E-state index contributed by atoms with van der Waals surface area (Å²) >= 11 is 5.96. The van der Waals surface area contributed by atoms with E-state index >= 15 is 0 Å². The van der Waals surface area contributed by atoms with Crippen molar-refractivity contribution >= 4 is 23.7 Å². The van der Waals surface area contributed by atoms with E-state index in [0.29, 0.717) is 23.5 Å². The third-order valence-electron chi connectivity index (χ3n) is 3.95. The summed E-state index contributed by atoms with van der Waals surface area (Å²) < 4.78 is 0. The van der Waals surface area contributed by atoms with Gasteiger partial charge in [0.05, 0.1) is 5.56 Å². The Morgan fingerprint density at radius 3 is 2.58 bits per heavy atom. The van der Waals surface area contributed by atoms with Crippen molar-refractivity contribution in [2.45, 2.75) is 31.7 Å². The van der Waals surface area contributed by atoms with Gasteiger partial charge in [0.2, 0.25) is 0 Å². The van der Waals surface area contributed by atoms with E-state index in [0.717, 1.165) is 19.4 Å². The second kappa shape index (κ2) is 5.43. The lowest BCUT2D eigenvalue weighted by Crippen LogP contribution is -2.54. The van der Waals surface area contributed by atoms with Crippen LogP contribution in [0.25, 0.3) is 0 Å². The van der Waals surface area contributed by atoms with E-state index in [1.807, 2.05) is 0 Å². The number of hydrogen-bond donors (Lipinski definition) is 1. The smallest absolute Gasteiger partial charge is 0.156 e. The number of halogens is 1. The van der Waals surface area contributed by atoms with Crippen LogP contribution in [-0.4, -0.2) is 47.3 Å². The number of aryl methyl sites for hydroxylation is 1. The summed E-state index contributed by atoms with van der Waals surface area (Å²) in [5.74, 6) is 1.09. The number of hydrogen-bond acceptors (Lipinski definition) is 5. The molecule has 1 saturated carbocycles. The zero-order chi connectivity index (χ0) is 14.0. The van der Waals surface area contributed by atoms with Gasteiger partial charge in [-0.15, -0.1) is 0 Å². The van der Waals surface area contributed by atoms with Gasteiger partial charge in [0.1, 0.15) is 16.8 Å². The highest BCUT2D eigenvalue weighted by Gasteiger charge is 2.39. The maximum atomic E-state index is 11.1. The van der Waals surface area contributed by atoms with Gasteiger partial charge in [0, 0.05) is 12.1 Å². The van der Waals surface area contributed by atoms with Gasteiger partial charge < -0.3 is 10.2 Å². The van der Waals surface area contributed by atoms with Crippen molar-refractivity contribution in [2.24, 2.45) is 0 Å². The summed E-state index contributed by atoms with van der Waals surface area (Å²) in [6.45, 7) is 2.52. The zero-order valence-corrected chi connectivity index (χ0v) is 12.3. The molecule has 0 unspecified atom stereocenters. The van der Waals surface area contributed by atoms with Crippen LogP contribution in [0.4, 0.5) is 5.82 Å². The molecule has 5 nitrogen and oxygen atoms in total. The van der Waals surface area contributed by atoms with Crippen LogP contribution in [0.15, 0.2) is 0 Å². The Hall–Kier alpha value is -1.20. The highest BCUT2D eigenvalue weighted by Crippen LogP contribution is 2.36. The number of aldehydes is 1. The summed E-state index contributed by atoms with van der Waals surface area (Å²) in [6, 6.07) is 0. The van der Waals surface area contributed by atoms with Gasteiger partial charge in [-0.2, -0.15) is 0 Å². The monoisotopic (exact) mass is 282 g/mol. The highest BCUT2D eigenvalue weighted by atomic mass is 35.5. The maximum absolute atomic E-state index is 11.1. The van der Waals surface area contributed by atoms with E-state index in [4.69, 9.17) is 11.6 Å². The van der Waals surface area contributed by atoms with E-state index in [2.05, 4.69) is 34.3 Å². The number of rotatable bonds is 5. The Kier molecular flexibility index (Phi) is 4.06. The van der Waals surface area contributed by atoms with E-state index in [1.165, 1.54) is 6.42 Å². The first-order valence-electron chi connectivity index (χ1n) is 6.39.